The molecule has 2 aromatic carbocycles. The number of imidazole rings is 1. The molecule has 1 atom stereocenters. The Kier molecular flexibility index (Phi) is 5.00. The third-order valence-electron chi connectivity index (χ3n) is 3.71. The van der Waals surface area contributed by atoms with Crippen molar-refractivity contribution < 1.29 is 9.18 Å². The number of hydrogen-bond acceptors (Lipinski definition) is 2. The van der Waals surface area contributed by atoms with Gasteiger partial charge < -0.3 is 15.2 Å². The van der Waals surface area contributed by atoms with Gasteiger partial charge in [-0.05, 0) is 30.3 Å². The van der Waals surface area contributed by atoms with Crippen LogP contribution >= 0.6 is 11.6 Å². The van der Waals surface area contributed by atoms with E-state index in [1.807, 2.05) is 0 Å². The number of urea groups is 1. The van der Waals surface area contributed by atoms with Crippen molar-refractivity contribution in [2.45, 2.75) is 6.04 Å². The van der Waals surface area contributed by atoms with Gasteiger partial charge in [0.1, 0.15) is 17.7 Å². The van der Waals surface area contributed by atoms with Crippen LogP contribution in [0.2, 0.25) is 5.02 Å². The molecule has 0 saturated carbocycles. The number of benzene rings is 2. The fraction of sp³-hybridized carbons (Fsp3) is 0.111. The van der Waals surface area contributed by atoms with E-state index in [2.05, 4.69) is 15.6 Å². The normalized spacial score (nSPS) is 11.8. The van der Waals surface area contributed by atoms with Crippen LogP contribution in [0.1, 0.15) is 17.4 Å². The van der Waals surface area contributed by atoms with Gasteiger partial charge in [0, 0.05) is 35.7 Å². The summed E-state index contributed by atoms with van der Waals surface area (Å²) < 4.78 is 16.0. The van der Waals surface area contributed by atoms with E-state index in [4.69, 9.17) is 11.6 Å². The maximum Gasteiger partial charge on any atom is 0.320 e. The topological polar surface area (TPSA) is 59.0 Å². The molecule has 0 spiro atoms. The second kappa shape index (κ2) is 7.36. The first-order valence-corrected chi connectivity index (χ1v) is 7.97. The first-order chi connectivity index (χ1) is 12.0. The third-order valence-corrected chi connectivity index (χ3v) is 3.96. The minimum absolute atomic E-state index is 0.336. The summed E-state index contributed by atoms with van der Waals surface area (Å²) in [4.78, 5) is 16.6. The molecule has 0 unspecified atom stereocenters. The molecule has 0 saturated heterocycles. The lowest BCUT2D eigenvalue weighted by Gasteiger charge is -2.20. The van der Waals surface area contributed by atoms with Crippen molar-refractivity contribution in [2.75, 3.05) is 5.32 Å². The van der Waals surface area contributed by atoms with Gasteiger partial charge in [0.25, 0.3) is 0 Å². The molecule has 0 fully saturated rings. The monoisotopic (exact) mass is 358 g/mol. The highest BCUT2D eigenvalue weighted by Crippen LogP contribution is 2.23. The van der Waals surface area contributed by atoms with Gasteiger partial charge in [-0.3, -0.25) is 0 Å². The highest BCUT2D eigenvalue weighted by atomic mass is 35.5. The summed E-state index contributed by atoms with van der Waals surface area (Å²) in [5.41, 5.74) is 0.914. The molecule has 0 aliphatic rings. The third kappa shape index (κ3) is 3.97. The molecule has 1 aromatic heterocycles. The Balaban J connectivity index is 1.85. The van der Waals surface area contributed by atoms with Crippen LogP contribution in [0.5, 0.6) is 0 Å². The van der Waals surface area contributed by atoms with Gasteiger partial charge in [0.2, 0.25) is 0 Å². The fourth-order valence-electron chi connectivity index (χ4n) is 2.48. The molecule has 128 valence electrons. The first kappa shape index (κ1) is 17.0. The molecule has 0 bridgehead atoms. The van der Waals surface area contributed by atoms with Gasteiger partial charge in [0.15, 0.2) is 0 Å². The average Bonchev–Trinajstić information content (AvgIpc) is 3.01. The first-order valence-electron chi connectivity index (χ1n) is 7.59. The van der Waals surface area contributed by atoms with Crippen molar-refractivity contribution >= 4 is 23.3 Å². The molecule has 25 heavy (non-hydrogen) atoms. The van der Waals surface area contributed by atoms with Gasteiger partial charge in [-0.15, -0.1) is 0 Å². The Labute approximate surface area is 149 Å². The highest BCUT2D eigenvalue weighted by molar-refractivity contribution is 6.30. The second-order valence-corrected chi connectivity index (χ2v) is 5.89. The summed E-state index contributed by atoms with van der Waals surface area (Å²) in [5.74, 6) is 0.110. The van der Waals surface area contributed by atoms with Crippen molar-refractivity contribution in [1.82, 2.24) is 14.9 Å². The Morgan fingerprint density at radius 1 is 1.20 bits per heavy atom. The van der Waals surface area contributed by atoms with E-state index in [-0.39, 0.29) is 0 Å². The number of rotatable bonds is 4. The zero-order valence-electron chi connectivity index (χ0n) is 13.4. The molecule has 0 radical (unpaired) electrons. The van der Waals surface area contributed by atoms with E-state index < -0.39 is 17.9 Å². The number of carbonyl (C=O) groups excluding carboxylic acids is 1. The smallest absolute Gasteiger partial charge is 0.320 e. The van der Waals surface area contributed by atoms with Gasteiger partial charge in [-0.2, -0.15) is 0 Å². The van der Waals surface area contributed by atoms with Crippen LogP contribution in [0.15, 0.2) is 60.9 Å². The van der Waals surface area contributed by atoms with Crippen LogP contribution in [0.3, 0.4) is 0 Å². The van der Waals surface area contributed by atoms with Gasteiger partial charge in [-0.1, -0.05) is 29.8 Å². The predicted octanol–water partition coefficient (Wildman–Crippen LogP) is 4.12. The Morgan fingerprint density at radius 2 is 1.92 bits per heavy atom. The van der Waals surface area contributed by atoms with E-state index in [9.17, 15) is 9.18 Å². The largest absolute Gasteiger partial charge is 0.336 e. The molecular weight excluding hydrogens is 343 g/mol. The maximum absolute atomic E-state index is 14.3. The van der Waals surface area contributed by atoms with Crippen LogP contribution < -0.4 is 10.6 Å². The summed E-state index contributed by atoms with van der Waals surface area (Å²) in [6.45, 7) is 0. The lowest BCUT2D eigenvalue weighted by atomic mass is 10.1. The van der Waals surface area contributed by atoms with E-state index in [0.29, 0.717) is 22.1 Å². The van der Waals surface area contributed by atoms with Crippen molar-refractivity contribution in [2.24, 2.45) is 7.05 Å². The van der Waals surface area contributed by atoms with Crippen LogP contribution in [0.4, 0.5) is 14.9 Å². The van der Waals surface area contributed by atoms with Gasteiger partial charge in [-0.25, -0.2) is 14.2 Å². The molecule has 2 N–H and O–H groups in total. The molecule has 7 heteroatoms. The lowest BCUT2D eigenvalue weighted by Crippen LogP contribution is -2.35. The summed E-state index contributed by atoms with van der Waals surface area (Å²) in [7, 11) is 1.79. The minimum Gasteiger partial charge on any atom is -0.336 e. The van der Waals surface area contributed by atoms with Crippen LogP contribution in [-0.4, -0.2) is 15.6 Å². The molecular formula is C18H16ClFN4O. The minimum atomic E-state index is -0.728. The quantitative estimate of drug-likeness (QED) is 0.737. The number of anilines is 1. The van der Waals surface area contributed by atoms with E-state index in [1.165, 1.54) is 6.07 Å². The molecule has 0 aliphatic carbocycles. The number of hydrogen-bond donors (Lipinski definition) is 2. The molecule has 0 aliphatic heterocycles. The van der Waals surface area contributed by atoms with Gasteiger partial charge >= 0.3 is 6.03 Å². The number of carbonyl (C=O) groups is 1. The number of nitrogens with zero attached hydrogens (tertiary/aromatic N) is 2. The van der Waals surface area contributed by atoms with Crippen molar-refractivity contribution in [3.05, 3.63) is 83.2 Å². The van der Waals surface area contributed by atoms with Crippen LogP contribution in [0, 0.1) is 5.82 Å². The Hall–Kier alpha value is -2.86. The van der Waals surface area contributed by atoms with Crippen molar-refractivity contribution in [3.8, 4) is 0 Å². The number of aromatic nitrogens is 2. The van der Waals surface area contributed by atoms with Crippen molar-refractivity contribution in [1.29, 1.82) is 0 Å². The highest BCUT2D eigenvalue weighted by Gasteiger charge is 2.23. The van der Waals surface area contributed by atoms with E-state index in [1.54, 1.807) is 66.5 Å². The number of amides is 2. The van der Waals surface area contributed by atoms with E-state index >= 15 is 0 Å². The Morgan fingerprint density at radius 3 is 2.56 bits per heavy atom. The van der Waals surface area contributed by atoms with Gasteiger partial charge in [0.05, 0.1) is 0 Å². The number of nitrogens with one attached hydrogen (secondary N) is 2. The second-order valence-electron chi connectivity index (χ2n) is 5.46. The molecule has 2 amide bonds. The molecule has 5 nitrogen and oxygen atoms in total. The van der Waals surface area contributed by atoms with Crippen LogP contribution in [-0.2, 0) is 7.05 Å². The molecule has 3 aromatic rings. The van der Waals surface area contributed by atoms with Crippen molar-refractivity contribution in [3.63, 3.8) is 0 Å². The SMILES string of the molecule is Cn1ccnc1[C@@H](NC(=O)Nc1ccc(Cl)cc1)c1ccccc1F. The maximum atomic E-state index is 14.3. The zero-order valence-corrected chi connectivity index (χ0v) is 14.2. The van der Waals surface area contributed by atoms with E-state index in [0.717, 1.165) is 0 Å². The average molecular weight is 359 g/mol. The fourth-order valence-corrected chi connectivity index (χ4v) is 2.60. The summed E-state index contributed by atoms with van der Waals surface area (Å²) >= 11 is 5.83. The Bertz CT molecular complexity index is 879. The summed E-state index contributed by atoms with van der Waals surface area (Å²) in [5, 5.41) is 6.05. The standard InChI is InChI=1S/C18H16ClFN4O/c1-24-11-10-21-17(24)16(14-4-2-3-5-15(14)20)23-18(25)22-13-8-6-12(19)7-9-13/h2-11,16H,1H3,(H2,22,23,25)/t16-/m0/s1. The zero-order chi connectivity index (χ0) is 17.8. The lowest BCUT2D eigenvalue weighted by molar-refractivity contribution is 0.249. The van der Waals surface area contributed by atoms with Crippen LogP contribution in [0.25, 0.3) is 0 Å². The molecule has 1 heterocycles. The number of aryl methyl sites for hydroxylation is 1. The summed E-state index contributed by atoms with van der Waals surface area (Å²) in [6, 6.07) is 11.8. The molecule has 3 rings (SSSR count). The summed E-state index contributed by atoms with van der Waals surface area (Å²) in [6.07, 6.45) is 3.34. The number of halogens is 2. The predicted molar refractivity (Wildman–Crippen MR) is 95.1 cm³/mol.